The molecule has 0 aromatic carbocycles. The Bertz CT molecular complexity index is 574. The average Bonchev–Trinajstić information content (AvgIpc) is 2.51. The molecule has 0 aliphatic rings. The zero-order valence-electron chi connectivity index (χ0n) is 8.78. The molecule has 0 aliphatic carbocycles. The lowest BCUT2D eigenvalue weighted by Crippen LogP contribution is -2.10. The second-order valence-electron chi connectivity index (χ2n) is 3.34. The fraction of sp³-hybridized carbons (Fsp3) is 0.222. The van der Waals surface area contributed by atoms with Crippen molar-refractivity contribution in [1.29, 1.82) is 0 Å². The number of H-pyrrole nitrogens is 1. The minimum absolute atomic E-state index is 0.223. The number of nitrogens with one attached hydrogen (secondary N) is 2. The summed E-state index contributed by atoms with van der Waals surface area (Å²) in [6.45, 7) is 1.87. The van der Waals surface area contributed by atoms with Gasteiger partial charge in [0.25, 0.3) is 5.56 Å². The van der Waals surface area contributed by atoms with E-state index in [0.29, 0.717) is 10.4 Å². The quantitative estimate of drug-likeness (QED) is 0.872. The minimum atomic E-state index is -0.223. The van der Waals surface area contributed by atoms with E-state index in [9.17, 15) is 4.79 Å². The van der Waals surface area contributed by atoms with Gasteiger partial charge >= 0.3 is 0 Å². The third-order valence-electron chi connectivity index (χ3n) is 2.02. The van der Waals surface area contributed by atoms with Crippen LogP contribution in [0.3, 0.4) is 0 Å². The van der Waals surface area contributed by atoms with Gasteiger partial charge in [0.05, 0.1) is 17.6 Å². The van der Waals surface area contributed by atoms with E-state index >= 15 is 0 Å². The van der Waals surface area contributed by atoms with Gasteiger partial charge in [-0.2, -0.15) is 5.10 Å². The summed E-state index contributed by atoms with van der Waals surface area (Å²) in [4.78, 5) is 17.9. The van der Waals surface area contributed by atoms with Gasteiger partial charge in [-0.15, -0.1) is 0 Å². The number of nitrogens with zero attached hydrogens (tertiary/aromatic N) is 3. The molecule has 7 heteroatoms. The molecule has 0 saturated carbocycles. The molecule has 2 aromatic heterocycles. The van der Waals surface area contributed by atoms with Gasteiger partial charge in [-0.25, -0.2) is 4.98 Å². The predicted molar refractivity (Wildman–Crippen MR) is 63.8 cm³/mol. The van der Waals surface area contributed by atoms with Crippen LogP contribution in [-0.4, -0.2) is 19.7 Å². The summed E-state index contributed by atoms with van der Waals surface area (Å²) in [7, 11) is 1.83. The highest BCUT2D eigenvalue weighted by molar-refractivity contribution is 9.10. The Morgan fingerprint density at radius 2 is 2.31 bits per heavy atom. The van der Waals surface area contributed by atoms with E-state index in [2.05, 4.69) is 36.3 Å². The molecule has 2 N–H and O–H groups in total. The van der Waals surface area contributed by atoms with Gasteiger partial charge in [-0.05, 0) is 22.9 Å². The van der Waals surface area contributed by atoms with Crippen molar-refractivity contribution in [2.45, 2.75) is 6.92 Å². The van der Waals surface area contributed by atoms with Gasteiger partial charge in [0.2, 0.25) is 5.95 Å². The van der Waals surface area contributed by atoms with E-state index in [1.54, 1.807) is 4.68 Å². The van der Waals surface area contributed by atoms with Crippen LogP contribution in [0.15, 0.2) is 21.7 Å². The number of anilines is 2. The van der Waals surface area contributed by atoms with Crippen LogP contribution in [0.2, 0.25) is 0 Å². The molecule has 0 bridgehead atoms. The summed E-state index contributed by atoms with van der Waals surface area (Å²) >= 11 is 3.08. The lowest BCUT2D eigenvalue weighted by Gasteiger charge is -2.02. The molecular formula is C9H10BrN5O. The SMILES string of the molecule is Cc1nn(C)cc1Nc1ncc(Br)c(=O)[nH]1. The number of hydrogen-bond donors (Lipinski definition) is 2. The van der Waals surface area contributed by atoms with Crippen LogP contribution in [0, 0.1) is 6.92 Å². The summed E-state index contributed by atoms with van der Waals surface area (Å²) in [5.74, 6) is 0.393. The highest BCUT2D eigenvalue weighted by atomic mass is 79.9. The van der Waals surface area contributed by atoms with E-state index in [1.807, 2.05) is 20.2 Å². The van der Waals surface area contributed by atoms with Gasteiger partial charge in [0.1, 0.15) is 4.47 Å². The second kappa shape index (κ2) is 4.09. The first-order valence-electron chi connectivity index (χ1n) is 4.58. The zero-order chi connectivity index (χ0) is 11.7. The number of aromatic nitrogens is 4. The first-order valence-corrected chi connectivity index (χ1v) is 5.37. The maximum Gasteiger partial charge on any atom is 0.266 e. The Labute approximate surface area is 99.8 Å². The van der Waals surface area contributed by atoms with Gasteiger partial charge in [0, 0.05) is 13.2 Å². The molecule has 84 valence electrons. The van der Waals surface area contributed by atoms with E-state index in [0.717, 1.165) is 11.4 Å². The van der Waals surface area contributed by atoms with E-state index < -0.39 is 0 Å². The van der Waals surface area contributed by atoms with Crippen molar-refractivity contribution < 1.29 is 0 Å². The normalized spacial score (nSPS) is 10.4. The summed E-state index contributed by atoms with van der Waals surface area (Å²) in [5, 5.41) is 7.16. The molecule has 0 spiro atoms. The van der Waals surface area contributed by atoms with Crippen LogP contribution < -0.4 is 10.9 Å². The molecule has 0 radical (unpaired) electrons. The Hall–Kier alpha value is -1.63. The fourth-order valence-corrected chi connectivity index (χ4v) is 1.49. The minimum Gasteiger partial charge on any atom is -0.323 e. The lowest BCUT2D eigenvalue weighted by atomic mass is 10.4. The van der Waals surface area contributed by atoms with Crippen molar-refractivity contribution >= 4 is 27.6 Å². The number of aryl methyl sites for hydroxylation is 2. The standard InChI is InChI=1S/C9H10BrN5O/c1-5-7(4-15(2)14-5)12-9-11-3-6(10)8(16)13-9/h3-4H,1-2H3,(H2,11,12,13,16). The van der Waals surface area contributed by atoms with Gasteiger partial charge in [0.15, 0.2) is 0 Å². The molecular weight excluding hydrogens is 274 g/mol. The average molecular weight is 284 g/mol. The molecule has 0 aliphatic heterocycles. The molecule has 0 unspecified atom stereocenters. The fourth-order valence-electron chi connectivity index (χ4n) is 1.29. The van der Waals surface area contributed by atoms with Crippen LogP contribution in [0.25, 0.3) is 0 Å². The largest absolute Gasteiger partial charge is 0.323 e. The maximum atomic E-state index is 11.3. The molecule has 0 fully saturated rings. The highest BCUT2D eigenvalue weighted by Crippen LogP contribution is 2.15. The van der Waals surface area contributed by atoms with Crippen molar-refractivity contribution in [2.24, 2.45) is 7.05 Å². The number of halogens is 1. The smallest absolute Gasteiger partial charge is 0.266 e. The Morgan fingerprint density at radius 1 is 1.56 bits per heavy atom. The summed E-state index contributed by atoms with van der Waals surface area (Å²) in [6, 6.07) is 0. The first kappa shape index (κ1) is 10.9. The second-order valence-corrected chi connectivity index (χ2v) is 4.19. The van der Waals surface area contributed by atoms with Crippen LogP contribution in [0.1, 0.15) is 5.69 Å². The Morgan fingerprint density at radius 3 is 2.88 bits per heavy atom. The molecule has 2 heterocycles. The van der Waals surface area contributed by atoms with Gasteiger partial charge in [-0.1, -0.05) is 0 Å². The highest BCUT2D eigenvalue weighted by Gasteiger charge is 2.05. The van der Waals surface area contributed by atoms with Crippen LogP contribution in [0.5, 0.6) is 0 Å². The monoisotopic (exact) mass is 283 g/mol. The van der Waals surface area contributed by atoms with Gasteiger partial charge in [-0.3, -0.25) is 14.5 Å². The van der Waals surface area contributed by atoms with E-state index in [-0.39, 0.29) is 5.56 Å². The Kier molecular flexibility index (Phi) is 2.78. The van der Waals surface area contributed by atoms with Crippen molar-refractivity contribution in [3.8, 4) is 0 Å². The molecule has 0 amide bonds. The lowest BCUT2D eigenvalue weighted by molar-refractivity contribution is 0.756. The topological polar surface area (TPSA) is 75.6 Å². The van der Waals surface area contributed by atoms with Crippen molar-refractivity contribution in [2.75, 3.05) is 5.32 Å². The summed E-state index contributed by atoms with van der Waals surface area (Å²) in [6.07, 6.45) is 3.27. The first-order chi connectivity index (χ1) is 7.56. The van der Waals surface area contributed by atoms with Crippen LogP contribution in [-0.2, 0) is 7.05 Å². The number of aromatic amines is 1. The van der Waals surface area contributed by atoms with Gasteiger partial charge < -0.3 is 5.32 Å². The van der Waals surface area contributed by atoms with E-state index in [4.69, 9.17) is 0 Å². The molecule has 2 rings (SSSR count). The van der Waals surface area contributed by atoms with E-state index in [1.165, 1.54) is 6.20 Å². The van der Waals surface area contributed by atoms with Crippen LogP contribution in [0.4, 0.5) is 11.6 Å². The molecule has 0 atom stereocenters. The van der Waals surface area contributed by atoms with Crippen molar-refractivity contribution in [3.63, 3.8) is 0 Å². The van der Waals surface area contributed by atoms with Crippen LogP contribution >= 0.6 is 15.9 Å². The number of rotatable bonds is 2. The molecule has 6 nitrogen and oxygen atoms in total. The summed E-state index contributed by atoms with van der Waals surface area (Å²) in [5.41, 5.74) is 1.43. The Balaban J connectivity index is 2.30. The predicted octanol–water partition coefficient (Wildman–Crippen LogP) is 1.32. The van der Waals surface area contributed by atoms with Crippen molar-refractivity contribution in [3.05, 3.63) is 32.9 Å². The molecule has 0 saturated heterocycles. The third kappa shape index (κ3) is 2.13. The molecule has 16 heavy (non-hydrogen) atoms. The van der Waals surface area contributed by atoms with Crippen molar-refractivity contribution in [1.82, 2.24) is 19.7 Å². The zero-order valence-corrected chi connectivity index (χ0v) is 10.4. The third-order valence-corrected chi connectivity index (χ3v) is 2.59. The summed E-state index contributed by atoms with van der Waals surface area (Å²) < 4.78 is 2.09. The number of hydrogen-bond acceptors (Lipinski definition) is 4. The molecule has 2 aromatic rings. The maximum absolute atomic E-state index is 11.3.